The number of amides is 3. The van der Waals surface area contributed by atoms with Gasteiger partial charge in [-0.3, -0.25) is 4.79 Å². The molecule has 0 spiro atoms. The Hall–Kier alpha value is -3.17. The zero-order valence-corrected chi connectivity index (χ0v) is 24.7. The summed E-state index contributed by atoms with van der Waals surface area (Å²) in [7, 11) is 1.67. The second-order valence-electron chi connectivity index (χ2n) is 11.7. The van der Waals surface area contributed by atoms with E-state index in [1.54, 1.807) is 38.8 Å². The number of imide groups is 1. The highest BCUT2D eigenvalue weighted by molar-refractivity contribution is 6.30. The molecule has 4 rings (SSSR count). The number of ether oxygens (including phenoxy) is 3. The van der Waals surface area contributed by atoms with Crippen molar-refractivity contribution < 1.29 is 33.0 Å². The van der Waals surface area contributed by atoms with Crippen molar-refractivity contribution in [3.63, 3.8) is 0 Å². The van der Waals surface area contributed by atoms with Crippen LogP contribution < -0.4 is 0 Å². The predicted molar refractivity (Wildman–Crippen MR) is 152 cm³/mol. The highest BCUT2D eigenvalue weighted by Gasteiger charge is 2.43. The summed E-state index contributed by atoms with van der Waals surface area (Å²) in [6, 6.07) is 12.8. The summed E-state index contributed by atoms with van der Waals surface area (Å²) in [6.07, 6.45) is 1.93. The molecule has 1 saturated carbocycles. The zero-order chi connectivity index (χ0) is 29.7. The molecule has 0 radical (unpaired) electrons. The molecule has 2 aromatic rings. The molecule has 2 aliphatic rings. The topological polar surface area (TPSA) is 85.4 Å². The Labute approximate surface area is 245 Å². The van der Waals surface area contributed by atoms with E-state index in [1.165, 1.54) is 12.1 Å². The third-order valence-electron chi connectivity index (χ3n) is 7.58. The fraction of sp³-hybridized carbons (Fsp3) is 0.516. The van der Waals surface area contributed by atoms with E-state index in [0.29, 0.717) is 24.8 Å². The minimum absolute atomic E-state index is 0.0397. The van der Waals surface area contributed by atoms with Crippen LogP contribution in [0.25, 0.3) is 0 Å². The Morgan fingerprint density at radius 2 is 1.80 bits per heavy atom. The Bertz CT molecular complexity index is 1230. The Morgan fingerprint density at radius 3 is 2.41 bits per heavy atom. The molecule has 222 valence electrons. The average Bonchev–Trinajstić information content (AvgIpc) is 3.29. The summed E-state index contributed by atoms with van der Waals surface area (Å²) in [4.78, 5) is 43.4. The molecule has 1 heterocycles. The number of nitrogens with zero attached hydrogens (tertiary/aromatic N) is 2. The molecule has 10 heteroatoms. The normalized spacial score (nSPS) is 21.8. The number of carbonyl (C=O) groups excluding carboxylic acids is 3. The average molecular weight is 589 g/mol. The minimum Gasteiger partial charge on any atom is -0.447 e. The van der Waals surface area contributed by atoms with E-state index in [4.69, 9.17) is 25.8 Å². The van der Waals surface area contributed by atoms with Gasteiger partial charge in [-0.2, -0.15) is 0 Å². The van der Waals surface area contributed by atoms with Crippen LogP contribution in [0, 0.1) is 5.82 Å². The van der Waals surface area contributed by atoms with Gasteiger partial charge in [0.25, 0.3) is 0 Å². The van der Waals surface area contributed by atoms with Gasteiger partial charge in [-0.25, -0.2) is 18.9 Å². The van der Waals surface area contributed by atoms with Gasteiger partial charge in [-0.1, -0.05) is 48.0 Å². The lowest BCUT2D eigenvalue weighted by Gasteiger charge is -2.39. The maximum atomic E-state index is 14.7. The summed E-state index contributed by atoms with van der Waals surface area (Å²) in [6.45, 7) is 5.25. The smallest absolute Gasteiger partial charge is 0.417 e. The fourth-order valence-electron chi connectivity index (χ4n) is 5.47. The number of hydrogen-bond donors (Lipinski definition) is 0. The van der Waals surface area contributed by atoms with Crippen LogP contribution in [-0.2, 0) is 25.4 Å². The molecule has 8 nitrogen and oxygen atoms in total. The first-order chi connectivity index (χ1) is 19.5. The van der Waals surface area contributed by atoms with Crippen LogP contribution in [-0.4, -0.2) is 71.9 Å². The van der Waals surface area contributed by atoms with E-state index in [0.717, 1.165) is 23.3 Å². The second kappa shape index (κ2) is 13.2. The quantitative estimate of drug-likeness (QED) is 0.357. The number of carbonyl (C=O) groups is 3. The van der Waals surface area contributed by atoms with Crippen LogP contribution in [0.5, 0.6) is 0 Å². The van der Waals surface area contributed by atoms with Gasteiger partial charge >= 0.3 is 12.2 Å². The monoisotopic (exact) mass is 588 g/mol. The number of benzene rings is 2. The van der Waals surface area contributed by atoms with E-state index >= 15 is 0 Å². The highest BCUT2D eigenvalue weighted by Crippen LogP contribution is 2.32. The van der Waals surface area contributed by atoms with Crippen LogP contribution in [0.4, 0.5) is 14.0 Å². The third-order valence-corrected chi connectivity index (χ3v) is 7.89. The molecule has 0 aromatic heterocycles. The number of methoxy groups -OCH3 is 1. The Kier molecular flexibility index (Phi) is 9.92. The van der Waals surface area contributed by atoms with Gasteiger partial charge in [0.05, 0.1) is 23.1 Å². The van der Waals surface area contributed by atoms with Crippen molar-refractivity contribution in [3.8, 4) is 0 Å². The Balaban J connectivity index is 1.69. The van der Waals surface area contributed by atoms with Crippen molar-refractivity contribution in [2.75, 3.05) is 20.3 Å². The van der Waals surface area contributed by atoms with Crippen LogP contribution in [0.1, 0.15) is 63.5 Å². The first-order valence-electron chi connectivity index (χ1n) is 14.0. The molecule has 41 heavy (non-hydrogen) atoms. The maximum Gasteiger partial charge on any atom is 0.417 e. The standard InChI is InChI=1S/C31H38ClFN2O6/c1-31(2,3)41-29(37)34(22-11-13-24(39-4)14-12-22)18-25(21-10-15-26(32)27(33)17-21)28(36)35-23(19-40-30(35)38)16-20-8-6-5-7-9-20/h5-10,15,17,22-25H,11-14,16,18-19H2,1-4H3/t22?,23-,24?,25-/m1/s1. The summed E-state index contributed by atoms with van der Waals surface area (Å²) in [5.41, 5.74) is 0.465. The van der Waals surface area contributed by atoms with Crippen molar-refractivity contribution in [1.29, 1.82) is 0 Å². The molecule has 0 unspecified atom stereocenters. The van der Waals surface area contributed by atoms with Crippen molar-refractivity contribution >= 4 is 29.7 Å². The molecule has 1 saturated heterocycles. The van der Waals surface area contributed by atoms with Crippen LogP contribution in [0.15, 0.2) is 48.5 Å². The van der Waals surface area contributed by atoms with E-state index in [-0.39, 0.29) is 30.3 Å². The number of rotatable bonds is 8. The van der Waals surface area contributed by atoms with E-state index in [2.05, 4.69) is 0 Å². The maximum absolute atomic E-state index is 14.7. The second-order valence-corrected chi connectivity index (χ2v) is 12.1. The molecule has 2 atom stereocenters. The molecule has 3 amide bonds. The molecule has 2 aromatic carbocycles. The van der Waals surface area contributed by atoms with Gasteiger partial charge in [-0.05, 0) is 76.1 Å². The van der Waals surface area contributed by atoms with Gasteiger partial charge in [0.1, 0.15) is 18.0 Å². The third kappa shape index (κ3) is 7.77. The first kappa shape index (κ1) is 30.8. The van der Waals surface area contributed by atoms with E-state index < -0.39 is 41.5 Å². The molecular weight excluding hydrogens is 551 g/mol. The first-order valence-corrected chi connectivity index (χ1v) is 14.4. The van der Waals surface area contributed by atoms with Gasteiger partial charge in [0.15, 0.2) is 0 Å². The number of hydrogen-bond acceptors (Lipinski definition) is 6. The number of cyclic esters (lactones) is 1. The SMILES string of the molecule is COC1CCC(N(C[C@@H](C(=O)N2C(=O)OC[C@H]2Cc2ccccc2)c2ccc(Cl)c(F)c2)C(=O)OC(C)(C)C)CC1. The van der Waals surface area contributed by atoms with E-state index in [9.17, 15) is 18.8 Å². The molecule has 1 aliphatic carbocycles. The van der Waals surface area contributed by atoms with Crippen molar-refractivity contribution in [2.45, 2.75) is 82.6 Å². The summed E-state index contributed by atoms with van der Waals surface area (Å²) < 4.78 is 31.3. The van der Waals surface area contributed by atoms with E-state index in [1.807, 2.05) is 30.3 Å². The molecular formula is C31H38ClFN2O6. The lowest BCUT2D eigenvalue weighted by Crippen LogP contribution is -2.50. The lowest BCUT2D eigenvalue weighted by atomic mass is 9.90. The van der Waals surface area contributed by atoms with Crippen molar-refractivity contribution in [3.05, 3.63) is 70.5 Å². The number of halogens is 2. The van der Waals surface area contributed by atoms with Gasteiger partial charge in [0, 0.05) is 19.7 Å². The molecule has 1 aliphatic heterocycles. The van der Waals surface area contributed by atoms with Gasteiger partial charge < -0.3 is 19.1 Å². The lowest BCUT2D eigenvalue weighted by molar-refractivity contribution is -0.131. The van der Waals surface area contributed by atoms with Crippen molar-refractivity contribution in [2.24, 2.45) is 0 Å². The fourth-order valence-corrected chi connectivity index (χ4v) is 5.59. The Morgan fingerprint density at radius 1 is 1.12 bits per heavy atom. The minimum atomic E-state index is -1.07. The van der Waals surface area contributed by atoms with Gasteiger partial charge in [0.2, 0.25) is 5.91 Å². The summed E-state index contributed by atoms with van der Waals surface area (Å²) in [5, 5.41) is -0.0932. The zero-order valence-electron chi connectivity index (χ0n) is 24.0. The van der Waals surface area contributed by atoms with Gasteiger partial charge in [-0.15, -0.1) is 0 Å². The van der Waals surface area contributed by atoms with Crippen molar-refractivity contribution in [1.82, 2.24) is 9.80 Å². The molecule has 2 fully saturated rings. The largest absolute Gasteiger partial charge is 0.447 e. The summed E-state index contributed by atoms with van der Waals surface area (Å²) >= 11 is 5.97. The molecule has 0 N–H and O–H groups in total. The van der Waals surface area contributed by atoms with Crippen LogP contribution in [0.3, 0.4) is 0 Å². The van der Waals surface area contributed by atoms with Crippen LogP contribution >= 0.6 is 11.6 Å². The van der Waals surface area contributed by atoms with Crippen LogP contribution in [0.2, 0.25) is 5.02 Å². The predicted octanol–water partition coefficient (Wildman–Crippen LogP) is 6.35. The molecule has 0 bridgehead atoms. The highest BCUT2D eigenvalue weighted by atomic mass is 35.5. The summed E-state index contributed by atoms with van der Waals surface area (Å²) in [5.74, 6) is -2.34.